The van der Waals surface area contributed by atoms with Gasteiger partial charge in [0.05, 0.1) is 26.4 Å². The van der Waals surface area contributed by atoms with Crippen LogP contribution in [0.25, 0.3) is 0 Å². The normalized spacial score (nSPS) is 26.5. The minimum Gasteiger partial charge on any atom is -0.457 e. The summed E-state index contributed by atoms with van der Waals surface area (Å²) in [5, 5.41) is 72.1. The average Bonchev–Trinajstić information content (AvgIpc) is 3.35. The van der Waals surface area contributed by atoms with Gasteiger partial charge in [-0.3, -0.25) is 4.79 Å². The van der Waals surface area contributed by atoms with E-state index >= 15 is 0 Å². The number of aliphatic hydroxyl groups is 7. The quantitative estimate of drug-likeness (QED) is 0.0178. The van der Waals surface area contributed by atoms with E-state index in [4.69, 9.17) is 28.4 Å². The predicted octanol–water partition coefficient (Wildman–Crippen LogP) is 7.85. The van der Waals surface area contributed by atoms with Gasteiger partial charge in [0.2, 0.25) is 0 Å². The zero-order valence-electron chi connectivity index (χ0n) is 41.8. The second-order valence-electron chi connectivity index (χ2n) is 17.6. The molecule has 69 heavy (non-hydrogen) atoms. The molecule has 0 aromatic rings. The number of allylic oxidation sites excluding steroid dienone is 16. The molecule has 7 N–H and O–H groups in total. The van der Waals surface area contributed by atoms with Gasteiger partial charge in [-0.15, -0.1) is 0 Å². The molecule has 0 saturated carbocycles. The molecule has 11 atom stereocenters. The molecule has 0 aliphatic carbocycles. The molecule has 0 radical (unpaired) electrons. The van der Waals surface area contributed by atoms with E-state index in [9.17, 15) is 40.5 Å². The molecular weight excluding hydrogens is 885 g/mol. The van der Waals surface area contributed by atoms with Gasteiger partial charge in [-0.2, -0.15) is 0 Å². The van der Waals surface area contributed by atoms with Crippen LogP contribution in [0.15, 0.2) is 97.2 Å². The van der Waals surface area contributed by atoms with Crippen molar-refractivity contribution in [3.05, 3.63) is 97.2 Å². The lowest BCUT2D eigenvalue weighted by Crippen LogP contribution is -2.61. The summed E-state index contributed by atoms with van der Waals surface area (Å²) >= 11 is 0. The van der Waals surface area contributed by atoms with Crippen LogP contribution in [0.3, 0.4) is 0 Å². The molecule has 0 aromatic carbocycles. The van der Waals surface area contributed by atoms with Crippen LogP contribution in [-0.2, 0) is 33.2 Å². The second kappa shape index (κ2) is 41.5. The maximum Gasteiger partial charge on any atom is 0.306 e. The van der Waals surface area contributed by atoms with Crippen LogP contribution in [0.1, 0.15) is 142 Å². The Bertz CT molecular complexity index is 1500. The lowest BCUT2D eigenvalue weighted by Gasteiger charge is -2.42. The molecule has 14 nitrogen and oxygen atoms in total. The number of carbonyl (C=O) groups excluding carboxylic acids is 1. The fourth-order valence-electron chi connectivity index (χ4n) is 7.38. The Morgan fingerprint density at radius 1 is 0.493 bits per heavy atom. The number of unbranched alkanes of at least 4 members (excludes halogenated alkanes) is 9. The molecule has 2 aliphatic heterocycles. The van der Waals surface area contributed by atoms with Crippen LogP contribution in [0.4, 0.5) is 0 Å². The summed E-state index contributed by atoms with van der Waals surface area (Å²) in [5.41, 5.74) is 0. The van der Waals surface area contributed by atoms with E-state index < -0.39 is 86.7 Å². The zero-order valence-corrected chi connectivity index (χ0v) is 41.8. The van der Waals surface area contributed by atoms with Gasteiger partial charge in [0.25, 0.3) is 0 Å². The summed E-state index contributed by atoms with van der Waals surface area (Å²) < 4.78 is 34.2. The summed E-state index contributed by atoms with van der Waals surface area (Å²) in [7, 11) is 0. The number of ether oxygens (including phenoxy) is 6. The third-order valence-electron chi connectivity index (χ3n) is 11.6. The Kier molecular flexibility index (Phi) is 37.3. The molecule has 394 valence electrons. The Balaban J connectivity index is 1.78. The van der Waals surface area contributed by atoms with Crippen LogP contribution in [0.5, 0.6) is 0 Å². The monoisotopic (exact) mass is 975 g/mol. The van der Waals surface area contributed by atoms with Crippen molar-refractivity contribution in [2.45, 2.75) is 210 Å². The van der Waals surface area contributed by atoms with Crippen molar-refractivity contribution in [2.75, 3.05) is 33.0 Å². The van der Waals surface area contributed by atoms with Gasteiger partial charge >= 0.3 is 5.97 Å². The van der Waals surface area contributed by atoms with Gasteiger partial charge in [0, 0.05) is 13.0 Å². The first-order chi connectivity index (χ1) is 33.6. The van der Waals surface area contributed by atoms with Crippen LogP contribution in [0, 0.1) is 0 Å². The molecule has 0 aromatic heterocycles. The van der Waals surface area contributed by atoms with Crippen LogP contribution >= 0.6 is 0 Å². The Morgan fingerprint density at radius 2 is 0.942 bits per heavy atom. The average molecular weight is 975 g/mol. The molecular formula is C55H90O14. The number of hydrogen-bond donors (Lipinski definition) is 7. The van der Waals surface area contributed by atoms with E-state index in [1.807, 2.05) is 0 Å². The molecule has 0 amide bonds. The van der Waals surface area contributed by atoms with Gasteiger partial charge < -0.3 is 64.2 Å². The standard InChI is InChI=1S/C55H90O14/c1-3-5-7-9-11-13-15-17-18-19-20-21-22-23-24-25-27-29-31-33-35-37-39-64-41-44(67-47(57)38-36-34-32-30-28-26-16-14-12-10-8-6-4-2)42-65-54-53(63)51(61)49(59)46(69-54)43-66-55-52(62)50(60)48(58)45(40-56)68-55/h5,7-8,10-11,13-14,16-18,20-21,23-24,27,29,44-46,48-56,58-63H,3-4,6,9,12,15,19,22,25-26,28,30-43H2,1-2H3/b7-5-,10-8-,13-11-,16-14-,18-17-,21-20-,24-23-,29-27-. The summed E-state index contributed by atoms with van der Waals surface area (Å²) in [6, 6.07) is 0. The van der Waals surface area contributed by atoms with Crippen LogP contribution in [-0.4, -0.2) is 142 Å². The third-order valence-corrected chi connectivity index (χ3v) is 11.6. The van der Waals surface area contributed by atoms with Crippen molar-refractivity contribution >= 4 is 5.97 Å². The Labute approximate surface area is 413 Å². The minimum atomic E-state index is -1.72. The SMILES string of the molecule is CC/C=C\C/C=C\C/C=C\C/C=C\C/C=C\C/C=C\CCCCCOCC(COC1OC(COC2OC(CO)C(O)C(O)C2O)C(O)C(O)C1O)OC(=O)CCCCCCC/C=C\C/C=C\CCC. The van der Waals surface area contributed by atoms with Crippen LogP contribution < -0.4 is 0 Å². The topological polar surface area (TPSA) is 214 Å². The van der Waals surface area contributed by atoms with Gasteiger partial charge in [-0.25, -0.2) is 0 Å². The highest BCUT2D eigenvalue weighted by molar-refractivity contribution is 5.69. The molecule has 2 fully saturated rings. The van der Waals surface area contributed by atoms with Crippen molar-refractivity contribution in [3.8, 4) is 0 Å². The number of esters is 1. The summed E-state index contributed by atoms with van der Waals surface area (Å²) in [6.45, 7) is 3.37. The number of aliphatic hydroxyl groups excluding tert-OH is 7. The molecule has 11 unspecified atom stereocenters. The highest BCUT2D eigenvalue weighted by atomic mass is 16.7. The first-order valence-electron chi connectivity index (χ1n) is 25.8. The Hall–Kier alpha value is -3.09. The maximum absolute atomic E-state index is 13.0. The summed E-state index contributed by atoms with van der Waals surface area (Å²) in [5.74, 6) is -0.408. The Morgan fingerprint density at radius 3 is 1.48 bits per heavy atom. The molecule has 2 rings (SSSR count). The summed E-state index contributed by atoms with van der Waals surface area (Å²) in [6.07, 6.45) is 37.6. The molecule has 14 heteroatoms. The van der Waals surface area contributed by atoms with Crippen LogP contribution in [0.2, 0.25) is 0 Å². The van der Waals surface area contributed by atoms with Crippen molar-refractivity contribution < 1.29 is 69.0 Å². The maximum atomic E-state index is 13.0. The molecule has 2 aliphatic rings. The van der Waals surface area contributed by atoms with E-state index in [-0.39, 0.29) is 19.6 Å². The fourth-order valence-corrected chi connectivity index (χ4v) is 7.38. The first-order valence-corrected chi connectivity index (χ1v) is 25.8. The van der Waals surface area contributed by atoms with Crippen molar-refractivity contribution in [1.82, 2.24) is 0 Å². The number of hydrogen-bond acceptors (Lipinski definition) is 14. The van der Waals surface area contributed by atoms with E-state index in [1.165, 1.54) is 0 Å². The molecule has 2 saturated heterocycles. The smallest absolute Gasteiger partial charge is 0.306 e. The largest absolute Gasteiger partial charge is 0.457 e. The van der Waals surface area contributed by atoms with E-state index in [2.05, 4.69) is 111 Å². The zero-order chi connectivity index (χ0) is 50.2. The fraction of sp³-hybridized carbons (Fsp3) is 0.691. The summed E-state index contributed by atoms with van der Waals surface area (Å²) in [4.78, 5) is 13.0. The molecule has 2 heterocycles. The lowest BCUT2D eigenvalue weighted by atomic mass is 9.98. The van der Waals surface area contributed by atoms with Crippen molar-refractivity contribution in [1.29, 1.82) is 0 Å². The van der Waals surface area contributed by atoms with Gasteiger partial charge in [-0.05, 0) is 89.9 Å². The molecule has 0 bridgehead atoms. The molecule has 0 spiro atoms. The predicted molar refractivity (Wildman–Crippen MR) is 270 cm³/mol. The van der Waals surface area contributed by atoms with Gasteiger partial charge in [-0.1, -0.05) is 143 Å². The highest BCUT2D eigenvalue weighted by Crippen LogP contribution is 2.26. The number of carbonyl (C=O) groups is 1. The van der Waals surface area contributed by atoms with E-state index in [1.54, 1.807) is 0 Å². The van der Waals surface area contributed by atoms with E-state index in [0.29, 0.717) is 13.0 Å². The first kappa shape index (κ1) is 62.0. The third kappa shape index (κ3) is 29.1. The highest BCUT2D eigenvalue weighted by Gasteiger charge is 2.47. The number of rotatable bonds is 39. The lowest BCUT2D eigenvalue weighted by molar-refractivity contribution is -0.332. The van der Waals surface area contributed by atoms with Crippen molar-refractivity contribution in [2.24, 2.45) is 0 Å². The minimum absolute atomic E-state index is 0.0262. The van der Waals surface area contributed by atoms with Crippen molar-refractivity contribution in [3.63, 3.8) is 0 Å². The second-order valence-corrected chi connectivity index (χ2v) is 17.6. The van der Waals surface area contributed by atoms with Gasteiger partial charge in [0.15, 0.2) is 12.6 Å². The van der Waals surface area contributed by atoms with E-state index in [0.717, 1.165) is 116 Å². The van der Waals surface area contributed by atoms with Gasteiger partial charge in [0.1, 0.15) is 54.9 Å².